The maximum absolute atomic E-state index is 14.2. The Kier molecular flexibility index (Phi) is 6.33. The number of amides is 1. The lowest BCUT2D eigenvalue weighted by Gasteiger charge is -2.29. The number of rotatable bonds is 3. The van der Waals surface area contributed by atoms with Gasteiger partial charge in [0.25, 0.3) is 11.5 Å². The fraction of sp³-hybridized carbons (Fsp3) is 0.129. The number of benzene rings is 3. The highest BCUT2D eigenvalue weighted by Gasteiger charge is 2.32. The second-order valence-corrected chi connectivity index (χ2v) is 10.8. The van der Waals surface area contributed by atoms with E-state index in [1.165, 1.54) is 21.9 Å². The third kappa shape index (κ3) is 4.24. The predicted molar refractivity (Wildman–Crippen MR) is 161 cm³/mol. The van der Waals surface area contributed by atoms with Gasteiger partial charge in [0, 0.05) is 17.3 Å². The molecule has 39 heavy (non-hydrogen) atoms. The monoisotopic (exact) mass is 552 g/mol. The minimum Gasteiger partial charge on any atom is -0.340 e. The van der Waals surface area contributed by atoms with E-state index in [0.29, 0.717) is 43.4 Å². The number of fused-ring (bicyclic) bond motifs is 1. The van der Waals surface area contributed by atoms with E-state index in [-0.39, 0.29) is 11.5 Å². The molecule has 0 atom stereocenters. The molecule has 0 spiro atoms. The van der Waals surface area contributed by atoms with Crippen molar-refractivity contribution in [3.05, 3.63) is 115 Å². The molecule has 0 unspecified atom stereocenters. The van der Waals surface area contributed by atoms with Crippen LogP contribution in [0, 0.1) is 6.92 Å². The van der Waals surface area contributed by atoms with E-state index in [4.69, 9.17) is 11.6 Å². The third-order valence-electron chi connectivity index (χ3n) is 6.85. The van der Waals surface area contributed by atoms with Crippen LogP contribution in [-0.4, -0.2) is 22.7 Å². The molecule has 0 radical (unpaired) electrons. The minimum absolute atomic E-state index is 0.173. The van der Waals surface area contributed by atoms with Gasteiger partial charge in [0.05, 0.1) is 28.4 Å². The molecule has 1 aromatic heterocycles. The molecule has 0 fully saturated rings. The molecule has 194 valence electrons. The summed E-state index contributed by atoms with van der Waals surface area (Å²) in [4.78, 5) is 30.1. The molecular weight excluding hydrogens is 528 g/mol. The maximum atomic E-state index is 14.2. The minimum atomic E-state index is -0.287. The highest BCUT2D eigenvalue weighted by atomic mass is 35.5. The van der Waals surface area contributed by atoms with Gasteiger partial charge >= 0.3 is 0 Å². The molecule has 0 bridgehead atoms. The van der Waals surface area contributed by atoms with Crippen LogP contribution in [-0.2, 0) is 4.79 Å². The van der Waals surface area contributed by atoms with Gasteiger partial charge in [-0.3, -0.25) is 14.2 Å². The van der Waals surface area contributed by atoms with Gasteiger partial charge in [-0.1, -0.05) is 47.5 Å². The van der Waals surface area contributed by atoms with Crippen molar-refractivity contribution in [1.29, 1.82) is 0 Å². The molecule has 3 heterocycles. The van der Waals surface area contributed by atoms with Crippen molar-refractivity contribution >= 4 is 63.3 Å². The molecular formula is C31H25ClN4O2S. The lowest BCUT2D eigenvalue weighted by atomic mass is 10.0. The van der Waals surface area contributed by atoms with E-state index in [2.05, 4.69) is 48.1 Å². The van der Waals surface area contributed by atoms with Crippen LogP contribution in [0.3, 0.4) is 0 Å². The van der Waals surface area contributed by atoms with Crippen molar-refractivity contribution in [2.75, 3.05) is 16.5 Å². The summed E-state index contributed by atoms with van der Waals surface area (Å²) >= 11 is 7.38. The van der Waals surface area contributed by atoms with E-state index >= 15 is 0 Å². The Hall–Kier alpha value is -4.20. The van der Waals surface area contributed by atoms with Crippen LogP contribution < -0.4 is 24.7 Å². The fourth-order valence-corrected chi connectivity index (χ4v) is 6.40. The first-order chi connectivity index (χ1) is 18.9. The smallest absolute Gasteiger partial charge is 0.283 e. The average Bonchev–Trinajstić information content (AvgIpc) is 3.43. The zero-order valence-electron chi connectivity index (χ0n) is 21.7. The van der Waals surface area contributed by atoms with E-state index in [9.17, 15) is 9.59 Å². The molecule has 0 saturated carbocycles. The average molecular weight is 553 g/mol. The van der Waals surface area contributed by atoms with Crippen molar-refractivity contribution < 1.29 is 4.79 Å². The molecule has 0 saturated heterocycles. The number of hydrogen-bond donors (Lipinski definition) is 0. The first kappa shape index (κ1) is 25.1. The van der Waals surface area contributed by atoms with Crippen LogP contribution in [0.15, 0.2) is 88.8 Å². The first-order valence-corrected chi connectivity index (χ1v) is 13.8. The Morgan fingerprint density at radius 1 is 0.897 bits per heavy atom. The summed E-state index contributed by atoms with van der Waals surface area (Å²) in [5, 5.41) is 6.50. The number of halogens is 1. The van der Waals surface area contributed by atoms with E-state index < -0.39 is 0 Å². The molecule has 6 rings (SSSR count). The molecule has 3 aromatic carbocycles. The molecule has 2 aliphatic heterocycles. The molecule has 1 amide bonds. The Balaban J connectivity index is 1.64. The van der Waals surface area contributed by atoms with Crippen molar-refractivity contribution in [2.45, 2.75) is 20.8 Å². The quantitative estimate of drug-likeness (QED) is 0.355. The van der Waals surface area contributed by atoms with E-state index in [1.54, 1.807) is 35.8 Å². The number of hydrazone groups is 1. The van der Waals surface area contributed by atoms with Crippen molar-refractivity contribution in [2.24, 2.45) is 5.10 Å². The van der Waals surface area contributed by atoms with Gasteiger partial charge in [-0.2, -0.15) is 10.1 Å². The Morgan fingerprint density at radius 2 is 1.64 bits per heavy atom. The summed E-state index contributed by atoms with van der Waals surface area (Å²) in [5.74, 6) is -0.287. The van der Waals surface area contributed by atoms with E-state index in [1.807, 2.05) is 36.4 Å². The zero-order chi connectivity index (χ0) is 27.3. The van der Waals surface area contributed by atoms with Crippen LogP contribution in [0.2, 0.25) is 5.02 Å². The lowest BCUT2D eigenvalue weighted by Crippen LogP contribution is -2.36. The summed E-state index contributed by atoms with van der Waals surface area (Å²) in [6, 6.07) is 22.7. The number of aromatic nitrogens is 1. The molecule has 2 aliphatic rings. The first-order valence-electron chi connectivity index (χ1n) is 12.6. The van der Waals surface area contributed by atoms with Gasteiger partial charge in [0.1, 0.15) is 9.20 Å². The number of likely N-dealkylation sites (N-methyl/N-ethyl adjacent to an activating group) is 1. The highest BCUT2D eigenvalue weighted by Crippen LogP contribution is 2.31. The third-order valence-corrected chi connectivity index (χ3v) is 8.27. The van der Waals surface area contributed by atoms with Gasteiger partial charge in [-0.25, -0.2) is 0 Å². The second kappa shape index (κ2) is 9.84. The normalized spacial score (nSPS) is 17.5. The Bertz CT molecular complexity index is 1870. The number of carbonyl (C=O) groups excluding carboxylic acids is 1. The van der Waals surface area contributed by atoms with Crippen LogP contribution in [0.5, 0.6) is 0 Å². The summed E-state index contributed by atoms with van der Waals surface area (Å²) in [5.41, 5.74) is 6.24. The molecule has 0 N–H and O–H groups in total. The van der Waals surface area contributed by atoms with Gasteiger partial charge < -0.3 is 4.90 Å². The molecule has 8 heteroatoms. The number of aryl methyl sites for hydroxylation is 1. The molecule has 0 aliphatic carbocycles. The number of thiazole rings is 1. The summed E-state index contributed by atoms with van der Waals surface area (Å²) in [6.07, 6.45) is 4.05. The number of para-hydroxylation sites is 1. The summed E-state index contributed by atoms with van der Waals surface area (Å²) in [7, 11) is 0. The van der Waals surface area contributed by atoms with Crippen LogP contribution in [0.4, 0.5) is 11.4 Å². The van der Waals surface area contributed by atoms with Crippen LogP contribution in [0.25, 0.3) is 23.0 Å². The number of anilines is 2. The largest absolute Gasteiger partial charge is 0.340 e. The molecule has 4 aromatic rings. The highest BCUT2D eigenvalue weighted by molar-refractivity contribution is 7.08. The SMILES string of the molecule is CCN1/C(=c2/s/c(=C3/C(=O)N(c4ccc(Cl)cc4)N=C3C)n(-c3ccccc3)c2=O)C=Cc2cc(C)ccc21. The van der Waals surface area contributed by atoms with E-state index in [0.717, 1.165) is 16.9 Å². The number of nitrogens with zero attached hydrogens (tertiary/aromatic N) is 4. The summed E-state index contributed by atoms with van der Waals surface area (Å²) in [6.45, 7) is 6.63. The number of hydrogen-bond acceptors (Lipinski definition) is 5. The number of carbonyl (C=O) groups is 1. The van der Waals surface area contributed by atoms with Crippen LogP contribution in [0.1, 0.15) is 25.0 Å². The maximum Gasteiger partial charge on any atom is 0.283 e. The Labute approximate surface area is 234 Å². The summed E-state index contributed by atoms with van der Waals surface area (Å²) < 4.78 is 2.75. The van der Waals surface area contributed by atoms with Gasteiger partial charge in [-0.05, 0) is 80.9 Å². The second-order valence-electron chi connectivity index (χ2n) is 9.39. The fourth-order valence-electron chi connectivity index (χ4n) is 5.01. The van der Waals surface area contributed by atoms with Crippen molar-refractivity contribution in [1.82, 2.24) is 4.57 Å². The van der Waals surface area contributed by atoms with Crippen molar-refractivity contribution in [3.63, 3.8) is 0 Å². The Morgan fingerprint density at radius 3 is 2.36 bits per heavy atom. The standard InChI is InChI=1S/C31H25ClN4O2S/c1-4-34-25-16-10-19(2)18-21(25)11-17-26(34)28-30(38)35(23-8-6-5-7-9-23)31(39-28)27-20(3)33-36(29(27)37)24-14-12-22(32)13-15-24/h5-18H,4H2,1-3H3/b28-26+,31-27+. The van der Waals surface area contributed by atoms with Gasteiger partial charge in [0.2, 0.25) is 0 Å². The lowest BCUT2D eigenvalue weighted by molar-refractivity contribution is -0.112. The molecule has 6 nitrogen and oxygen atoms in total. The predicted octanol–water partition coefficient (Wildman–Crippen LogP) is 5.10. The van der Waals surface area contributed by atoms with Gasteiger partial charge in [0.15, 0.2) is 0 Å². The topological polar surface area (TPSA) is 57.9 Å². The van der Waals surface area contributed by atoms with Crippen LogP contribution >= 0.6 is 22.9 Å². The zero-order valence-corrected chi connectivity index (χ0v) is 23.3. The van der Waals surface area contributed by atoms with Gasteiger partial charge in [-0.15, -0.1) is 11.3 Å². The van der Waals surface area contributed by atoms with Crippen molar-refractivity contribution in [3.8, 4) is 5.69 Å².